The Kier molecular flexibility index (Phi) is 5.55. The molecule has 21 heavy (non-hydrogen) atoms. The molecule has 1 aromatic rings. The summed E-state index contributed by atoms with van der Waals surface area (Å²) in [6.45, 7) is 7.44. The van der Waals surface area contributed by atoms with Crippen LogP contribution < -0.4 is 10.6 Å². The van der Waals surface area contributed by atoms with E-state index in [1.165, 1.54) is 19.2 Å². The van der Waals surface area contributed by atoms with Crippen molar-refractivity contribution in [2.75, 3.05) is 5.32 Å². The predicted molar refractivity (Wildman–Crippen MR) is 74.5 cm³/mol. The monoisotopic (exact) mass is 307 g/mol. The molecule has 0 saturated carbocycles. The van der Waals surface area contributed by atoms with Crippen LogP contribution in [0.15, 0.2) is 12.3 Å². The molecule has 0 radical (unpaired) electrons. The first-order valence-electron chi connectivity index (χ1n) is 6.69. The largest absolute Gasteiger partial charge is 0.391 e. The molecule has 0 aliphatic carbocycles. The van der Waals surface area contributed by atoms with Gasteiger partial charge in [0.15, 0.2) is 11.6 Å². The quantitative estimate of drug-likeness (QED) is 0.811. The maximum atomic E-state index is 14.2. The van der Waals surface area contributed by atoms with Gasteiger partial charge in [0, 0.05) is 29.9 Å². The molecule has 3 nitrogen and oxygen atoms in total. The molecular weight excluding hydrogens is 286 g/mol. The third-order valence-electron chi connectivity index (χ3n) is 2.70. The summed E-state index contributed by atoms with van der Waals surface area (Å²) < 4.78 is 51.0. The van der Waals surface area contributed by atoms with Gasteiger partial charge in [-0.1, -0.05) is 0 Å². The van der Waals surface area contributed by atoms with Crippen molar-refractivity contribution in [3.05, 3.63) is 23.6 Å². The third-order valence-corrected chi connectivity index (χ3v) is 2.70. The highest BCUT2D eigenvalue weighted by atomic mass is 19.4. The minimum Gasteiger partial charge on any atom is -0.365 e. The molecule has 0 aromatic carbocycles. The minimum absolute atomic E-state index is 0.153. The number of halogens is 4. The van der Waals surface area contributed by atoms with Gasteiger partial charge >= 0.3 is 6.18 Å². The van der Waals surface area contributed by atoms with Crippen molar-refractivity contribution in [1.29, 1.82) is 0 Å². The molecule has 0 aliphatic rings. The van der Waals surface area contributed by atoms with Crippen LogP contribution in [0.1, 0.15) is 39.7 Å². The van der Waals surface area contributed by atoms with Crippen LogP contribution in [0.5, 0.6) is 0 Å². The Morgan fingerprint density at radius 3 is 2.38 bits per heavy atom. The Morgan fingerprint density at radius 1 is 1.24 bits per heavy atom. The Labute approximate surface area is 122 Å². The number of rotatable bonds is 5. The van der Waals surface area contributed by atoms with Crippen molar-refractivity contribution < 1.29 is 17.6 Å². The van der Waals surface area contributed by atoms with Crippen LogP contribution in [0.4, 0.5) is 23.4 Å². The third kappa shape index (κ3) is 6.75. The summed E-state index contributed by atoms with van der Waals surface area (Å²) in [5.41, 5.74) is 0.175. The van der Waals surface area contributed by atoms with Gasteiger partial charge in [-0.3, -0.25) is 0 Å². The van der Waals surface area contributed by atoms with E-state index in [-0.39, 0.29) is 17.9 Å². The first-order chi connectivity index (χ1) is 9.48. The highest BCUT2D eigenvalue weighted by molar-refractivity contribution is 5.40. The van der Waals surface area contributed by atoms with Gasteiger partial charge in [-0.25, -0.2) is 9.37 Å². The summed E-state index contributed by atoms with van der Waals surface area (Å²) in [6.07, 6.45) is -3.96. The normalized spacial score (nSPS) is 14.1. The molecule has 0 bridgehead atoms. The summed E-state index contributed by atoms with van der Waals surface area (Å²) in [5, 5.41) is 5.59. The Hall–Kier alpha value is -1.37. The van der Waals surface area contributed by atoms with Gasteiger partial charge in [0.1, 0.15) is 0 Å². The summed E-state index contributed by atoms with van der Waals surface area (Å²) >= 11 is 0. The standard InChI is InChI=1S/C14H21F4N3/c1-9(7-14(16,17)18)21-12-11(15)10(5-6-19-12)8-20-13(2,3)4/h5-6,9,20H,7-8H2,1-4H3,(H,19,21). The zero-order chi connectivity index (χ0) is 16.3. The lowest BCUT2D eigenvalue weighted by Gasteiger charge is -2.21. The van der Waals surface area contributed by atoms with Gasteiger partial charge in [-0.05, 0) is 33.8 Å². The smallest absolute Gasteiger partial charge is 0.365 e. The van der Waals surface area contributed by atoms with Crippen molar-refractivity contribution in [3.8, 4) is 0 Å². The molecule has 1 rings (SSSR count). The van der Waals surface area contributed by atoms with E-state index < -0.39 is 24.5 Å². The van der Waals surface area contributed by atoms with Crippen molar-refractivity contribution in [2.24, 2.45) is 0 Å². The fourth-order valence-electron chi connectivity index (χ4n) is 1.71. The topological polar surface area (TPSA) is 37.0 Å². The Balaban J connectivity index is 2.76. The molecule has 1 atom stereocenters. The lowest BCUT2D eigenvalue weighted by molar-refractivity contribution is -0.136. The average Bonchev–Trinajstić information content (AvgIpc) is 2.26. The first kappa shape index (κ1) is 17.7. The number of nitrogens with one attached hydrogen (secondary N) is 2. The summed E-state index contributed by atoms with van der Waals surface area (Å²) in [6, 6.07) is 0.561. The van der Waals surface area contributed by atoms with Crippen LogP contribution in [0.25, 0.3) is 0 Å². The number of alkyl halides is 3. The highest BCUT2D eigenvalue weighted by Crippen LogP contribution is 2.24. The Morgan fingerprint density at radius 2 is 1.86 bits per heavy atom. The molecule has 0 amide bonds. The molecule has 0 saturated heterocycles. The molecule has 7 heteroatoms. The number of aromatic nitrogens is 1. The fraction of sp³-hybridized carbons (Fsp3) is 0.643. The SMILES string of the molecule is CC(CC(F)(F)F)Nc1nccc(CNC(C)(C)C)c1F. The molecule has 0 aliphatic heterocycles. The number of pyridine rings is 1. The second kappa shape index (κ2) is 6.60. The van der Waals surface area contributed by atoms with E-state index in [4.69, 9.17) is 0 Å². The van der Waals surface area contributed by atoms with Crippen LogP contribution in [-0.2, 0) is 6.54 Å². The van der Waals surface area contributed by atoms with Gasteiger partial charge in [0.2, 0.25) is 0 Å². The number of nitrogens with zero attached hydrogens (tertiary/aromatic N) is 1. The molecule has 120 valence electrons. The molecule has 0 spiro atoms. The van der Waals surface area contributed by atoms with Crippen molar-refractivity contribution >= 4 is 5.82 Å². The highest BCUT2D eigenvalue weighted by Gasteiger charge is 2.30. The van der Waals surface area contributed by atoms with E-state index in [1.807, 2.05) is 20.8 Å². The average molecular weight is 307 g/mol. The zero-order valence-electron chi connectivity index (χ0n) is 12.6. The number of hydrogen-bond donors (Lipinski definition) is 2. The van der Waals surface area contributed by atoms with Crippen LogP contribution in [0, 0.1) is 5.82 Å². The lowest BCUT2D eigenvalue weighted by atomic mass is 10.1. The van der Waals surface area contributed by atoms with E-state index >= 15 is 0 Å². The van der Waals surface area contributed by atoms with Crippen LogP contribution in [-0.4, -0.2) is 22.7 Å². The Bertz CT molecular complexity index is 466. The molecule has 2 N–H and O–H groups in total. The van der Waals surface area contributed by atoms with Crippen molar-refractivity contribution in [2.45, 2.75) is 58.4 Å². The second-order valence-corrected chi connectivity index (χ2v) is 6.10. The molecule has 1 heterocycles. The first-order valence-corrected chi connectivity index (χ1v) is 6.69. The molecule has 1 unspecified atom stereocenters. The van der Waals surface area contributed by atoms with Gasteiger partial charge in [0.05, 0.1) is 6.42 Å². The number of anilines is 1. The molecule has 0 fully saturated rings. The van der Waals surface area contributed by atoms with Crippen molar-refractivity contribution in [3.63, 3.8) is 0 Å². The number of hydrogen-bond acceptors (Lipinski definition) is 3. The lowest BCUT2D eigenvalue weighted by Crippen LogP contribution is -2.35. The van der Waals surface area contributed by atoms with Gasteiger partial charge in [0.25, 0.3) is 0 Å². The second-order valence-electron chi connectivity index (χ2n) is 6.10. The predicted octanol–water partition coefficient (Wildman–Crippen LogP) is 3.86. The minimum atomic E-state index is -4.30. The molecular formula is C14H21F4N3. The van der Waals surface area contributed by atoms with E-state index in [2.05, 4.69) is 15.6 Å². The van der Waals surface area contributed by atoms with Gasteiger partial charge in [-0.15, -0.1) is 0 Å². The maximum Gasteiger partial charge on any atom is 0.391 e. The maximum absolute atomic E-state index is 14.2. The van der Waals surface area contributed by atoms with E-state index in [0.29, 0.717) is 5.56 Å². The zero-order valence-corrected chi connectivity index (χ0v) is 12.6. The van der Waals surface area contributed by atoms with Crippen molar-refractivity contribution in [1.82, 2.24) is 10.3 Å². The van der Waals surface area contributed by atoms with E-state index in [0.717, 1.165) is 0 Å². The summed E-state index contributed by atoms with van der Waals surface area (Å²) in [7, 11) is 0. The summed E-state index contributed by atoms with van der Waals surface area (Å²) in [4.78, 5) is 3.77. The van der Waals surface area contributed by atoms with Gasteiger partial charge in [-0.2, -0.15) is 13.2 Å². The van der Waals surface area contributed by atoms with Crippen LogP contribution in [0.2, 0.25) is 0 Å². The fourth-order valence-corrected chi connectivity index (χ4v) is 1.71. The summed E-state index contributed by atoms with van der Waals surface area (Å²) in [5.74, 6) is -0.775. The molecule has 1 aromatic heterocycles. The van der Waals surface area contributed by atoms with E-state index in [9.17, 15) is 17.6 Å². The van der Waals surface area contributed by atoms with Gasteiger partial charge < -0.3 is 10.6 Å². The van der Waals surface area contributed by atoms with E-state index in [1.54, 1.807) is 0 Å². The van der Waals surface area contributed by atoms with Crippen LogP contribution >= 0.6 is 0 Å². The van der Waals surface area contributed by atoms with Crippen LogP contribution in [0.3, 0.4) is 0 Å².